The average molecular weight is 304 g/mol. The quantitative estimate of drug-likeness (QED) is 0.507. The van der Waals surface area contributed by atoms with E-state index in [4.69, 9.17) is 0 Å². The number of hydrogen-bond acceptors (Lipinski definition) is 4. The Bertz CT molecular complexity index is 440. The highest BCUT2D eigenvalue weighted by atomic mass is 16.2. The predicted octanol–water partition coefficient (Wildman–Crippen LogP) is 1.91. The van der Waals surface area contributed by atoms with Gasteiger partial charge in [-0.2, -0.15) is 0 Å². The monoisotopic (exact) mass is 304 g/mol. The van der Waals surface area contributed by atoms with Crippen LogP contribution < -0.4 is 21.1 Å². The summed E-state index contributed by atoms with van der Waals surface area (Å²) in [7, 11) is 0. The molecule has 1 aromatic rings. The summed E-state index contributed by atoms with van der Waals surface area (Å²) in [5, 5.41) is 3.34. The maximum Gasteiger partial charge on any atom is 0.265 e. The molecule has 0 radical (unpaired) electrons. The van der Waals surface area contributed by atoms with E-state index < -0.39 is 0 Å². The summed E-state index contributed by atoms with van der Waals surface area (Å²) < 4.78 is 0. The number of hydrazine groups is 1. The largest absolute Gasteiger partial charge is 0.369 e. The number of benzene rings is 1. The van der Waals surface area contributed by atoms with Crippen LogP contribution in [-0.4, -0.2) is 38.6 Å². The number of unbranched alkanes of at least 4 members (excludes halogenated alkanes) is 3. The van der Waals surface area contributed by atoms with E-state index in [0.717, 1.165) is 39.1 Å². The van der Waals surface area contributed by atoms with Gasteiger partial charge in [0.2, 0.25) is 0 Å². The van der Waals surface area contributed by atoms with Crippen LogP contribution in [0.4, 0.5) is 5.69 Å². The van der Waals surface area contributed by atoms with Crippen molar-refractivity contribution in [3.8, 4) is 0 Å². The van der Waals surface area contributed by atoms with Gasteiger partial charge in [0, 0.05) is 44.0 Å². The first-order chi connectivity index (χ1) is 10.8. The van der Waals surface area contributed by atoms with E-state index in [1.807, 2.05) is 24.3 Å². The van der Waals surface area contributed by atoms with Gasteiger partial charge >= 0.3 is 0 Å². The Labute approximate surface area is 133 Å². The molecule has 0 bridgehead atoms. The topological polar surface area (TPSA) is 56.4 Å². The van der Waals surface area contributed by atoms with E-state index in [-0.39, 0.29) is 5.91 Å². The molecule has 0 atom stereocenters. The van der Waals surface area contributed by atoms with Gasteiger partial charge in [0.15, 0.2) is 0 Å². The second kappa shape index (κ2) is 9.43. The number of carbonyl (C=O) groups excluding carboxylic acids is 1. The van der Waals surface area contributed by atoms with Crippen LogP contribution in [-0.2, 0) is 0 Å². The second-order valence-corrected chi connectivity index (χ2v) is 5.73. The molecule has 3 N–H and O–H groups in total. The summed E-state index contributed by atoms with van der Waals surface area (Å²) in [5.41, 5.74) is 7.64. The van der Waals surface area contributed by atoms with Gasteiger partial charge in [-0.15, -0.1) is 0 Å². The Balaban J connectivity index is 1.73. The number of piperazine rings is 1. The molecule has 22 heavy (non-hydrogen) atoms. The van der Waals surface area contributed by atoms with Gasteiger partial charge in [-0.3, -0.25) is 10.2 Å². The third kappa shape index (κ3) is 5.31. The first-order valence-electron chi connectivity index (χ1n) is 8.40. The lowest BCUT2D eigenvalue weighted by molar-refractivity contribution is 0.0933. The smallest absolute Gasteiger partial charge is 0.265 e. The van der Waals surface area contributed by atoms with E-state index in [9.17, 15) is 4.79 Å². The molecule has 2 rings (SSSR count). The number of carbonyl (C=O) groups is 1. The second-order valence-electron chi connectivity index (χ2n) is 5.73. The fourth-order valence-electron chi connectivity index (χ4n) is 2.60. The molecule has 1 aromatic carbocycles. The van der Waals surface area contributed by atoms with Gasteiger partial charge in [-0.25, -0.2) is 5.43 Å². The van der Waals surface area contributed by atoms with Crippen molar-refractivity contribution in [2.24, 2.45) is 0 Å². The molecule has 0 spiro atoms. The van der Waals surface area contributed by atoms with Crippen molar-refractivity contribution in [1.29, 1.82) is 0 Å². The van der Waals surface area contributed by atoms with Crippen LogP contribution in [0.25, 0.3) is 0 Å². The molecule has 0 aromatic heterocycles. The van der Waals surface area contributed by atoms with E-state index >= 15 is 0 Å². The van der Waals surface area contributed by atoms with Gasteiger partial charge in [0.25, 0.3) is 5.91 Å². The normalized spacial score (nSPS) is 14.9. The van der Waals surface area contributed by atoms with E-state index in [1.54, 1.807) is 0 Å². The van der Waals surface area contributed by atoms with Crippen LogP contribution in [0.1, 0.15) is 43.0 Å². The van der Waals surface area contributed by atoms with Crippen LogP contribution in [0.5, 0.6) is 0 Å². The summed E-state index contributed by atoms with van der Waals surface area (Å²) in [6.07, 6.45) is 4.78. The molecule has 0 saturated carbocycles. The number of hydrogen-bond donors (Lipinski definition) is 3. The zero-order valence-corrected chi connectivity index (χ0v) is 13.5. The predicted molar refractivity (Wildman–Crippen MR) is 91.1 cm³/mol. The highest BCUT2D eigenvalue weighted by Gasteiger charge is 2.11. The summed E-state index contributed by atoms with van der Waals surface area (Å²) in [4.78, 5) is 14.4. The molecule has 0 unspecified atom stereocenters. The standard InChI is InChI=1S/C17H28N4O/c1-2-3-4-5-10-19-20-17(22)15-6-8-16(9-7-15)21-13-11-18-12-14-21/h6-9,18-19H,2-5,10-14H2,1H3,(H,20,22). The highest BCUT2D eigenvalue weighted by molar-refractivity contribution is 5.94. The fraction of sp³-hybridized carbons (Fsp3) is 0.588. The summed E-state index contributed by atoms with van der Waals surface area (Å²) in [5.74, 6) is -0.0673. The molecule has 0 aliphatic carbocycles. The van der Waals surface area contributed by atoms with Gasteiger partial charge in [-0.05, 0) is 30.7 Å². The minimum absolute atomic E-state index is 0.0673. The van der Waals surface area contributed by atoms with Gasteiger partial charge in [0.1, 0.15) is 0 Å². The Morgan fingerprint density at radius 2 is 1.86 bits per heavy atom. The average Bonchev–Trinajstić information content (AvgIpc) is 2.59. The summed E-state index contributed by atoms with van der Waals surface area (Å²) in [6.45, 7) is 7.09. The van der Waals surface area contributed by atoms with Crippen LogP contribution in [0, 0.1) is 0 Å². The van der Waals surface area contributed by atoms with Crippen molar-refractivity contribution >= 4 is 11.6 Å². The summed E-state index contributed by atoms with van der Waals surface area (Å²) >= 11 is 0. The van der Waals surface area contributed by atoms with Crippen molar-refractivity contribution in [3.05, 3.63) is 29.8 Å². The van der Waals surface area contributed by atoms with E-state index in [0.29, 0.717) is 5.56 Å². The van der Waals surface area contributed by atoms with Crippen molar-refractivity contribution in [3.63, 3.8) is 0 Å². The van der Waals surface area contributed by atoms with Gasteiger partial charge in [-0.1, -0.05) is 26.2 Å². The van der Waals surface area contributed by atoms with Crippen LogP contribution in [0.15, 0.2) is 24.3 Å². The Morgan fingerprint density at radius 3 is 2.55 bits per heavy atom. The molecule has 1 fully saturated rings. The number of amides is 1. The van der Waals surface area contributed by atoms with Gasteiger partial charge < -0.3 is 10.2 Å². The van der Waals surface area contributed by atoms with Gasteiger partial charge in [0.05, 0.1) is 0 Å². The molecule has 5 nitrogen and oxygen atoms in total. The number of anilines is 1. The first kappa shape index (κ1) is 16.8. The van der Waals surface area contributed by atoms with Crippen molar-refractivity contribution in [1.82, 2.24) is 16.2 Å². The molecule has 1 saturated heterocycles. The Morgan fingerprint density at radius 1 is 1.14 bits per heavy atom. The Kier molecular flexibility index (Phi) is 7.19. The van der Waals surface area contributed by atoms with Crippen molar-refractivity contribution < 1.29 is 4.79 Å². The van der Waals surface area contributed by atoms with Crippen LogP contribution in [0.2, 0.25) is 0 Å². The minimum Gasteiger partial charge on any atom is -0.369 e. The Hall–Kier alpha value is -1.59. The zero-order valence-electron chi connectivity index (χ0n) is 13.5. The lowest BCUT2D eigenvalue weighted by Gasteiger charge is -2.29. The SMILES string of the molecule is CCCCCCNNC(=O)c1ccc(N2CCNCC2)cc1. The molecular weight excluding hydrogens is 276 g/mol. The molecule has 122 valence electrons. The fourth-order valence-corrected chi connectivity index (χ4v) is 2.60. The molecular formula is C17H28N4O. The molecule has 1 aliphatic heterocycles. The lowest BCUT2D eigenvalue weighted by Crippen LogP contribution is -2.43. The molecule has 5 heteroatoms. The lowest BCUT2D eigenvalue weighted by atomic mass is 10.1. The van der Waals surface area contributed by atoms with E-state index in [1.165, 1.54) is 24.9 Å². The third-order valence-corrected chi connectivity index (χ3v) is 3.97. The highest BCUT2D eigenvalue weighted by Crippen LogP contribution is 2.15. The minimum atomic E-state index is -0.0673. The number of rotatable bonds is 8. The molecule has 1 aliphatic rings. The maximum absolute atomic E-state index is 12.0. The maximum atomic E-state index is 12.0. The number of nitrogens with one attached hydrogen (secondary N) is 3. The molecule has 1 amide bonds. The zero-order chi connectivity index (χ0) is 15.6. The van der Waals surface area contributed by atoms with E-state index in [2.05, 4.69) is 28.0 Å². The third-order valence-electron chi connectivity index (χ3n) is 3.97. The van der Waals surface area contributed by atoms with Crippen molar-refractivity contribution in [2.75, 3.05) is 37.6 Å². The number of nitrogens with zero attached hydrogens (tertiary/aromatic N) is 1. The molecule has 1 heterocycles. The summed E-state index contributed by atoms with van der Waals surface area (Å²) in [6, 6.07) is 7.85. The van der Waals surface area contributed by atoms with Crippen LogP contribution >= 0.6 is 0 Å². The van der Waals surface area contributed by atoms with Crippen LogP contribution in [0.3, 0.4) is 0 Å². The first-order valence-corrected chi connectivity index (χ1v) is 8.40. The van der Waals surface area contributed by atoms with Crippen molar-refractivity contribution in [2.45, 2.75) is 32.6 Å².